The lowest BCUT2D eigenvalue weighted by Crippen LogP contribution is -2.35. The monoisotopic (exact) mass is 378 g/mol. The number of carbonyl (C=O) groups is 1. The van der Waals surface area contributed by atoms with Crippen LogP contribution >= 0.6 is 11.6 Å². The van der Waals surface area contributed by atoms with Gasteiger partial charge in [-0.2, -0.15) is 0 Å². The first-order chi connectivity index (χ1) is 11.8. The molecule has 132 valence electrons. The number of rotatable bonds is 4. The molecule has 1 N–H and O–H groups in total. The van der Waals surface area contributed by atoms with E-state index in [0.717, 1.165) is 4.31 Å². The highest BCUT2D eigenvalue weighted by Gasteiger charge is 2.34. The summed E-state index contributed by atoms with van der Waals surface area (Å²) in [6, 6.07) is 12.4. The Bertz CT molecular complexity index is 908. The van der Waals surface area contributed by atoms with E-state index in [0.29, 0.717) is 27.9 Å². The maximum Gasteiger partial charge on any atom is 0.245 e. The molecule has 0 radical (unpaired) electrons. The third-order valence-corrected chi connectivity index (χ3v) is 6.05. The third-order valence-electron chi connectivity index (χ3n) is 4.14. The van der Waals surface area contributed by atoms with Gasteiger partial charge in [0.05, 0.1) is 11.4 Å². The Labute approximate surface area is 152 Å². The fourth-order valence-corrected chi connectivity index (χ4v) is 4.52. The summed E-state index contributed by atoms with van der Waals surface area (Å²) in [6.45, 7) is 3.91. The molecule has 0 saturated carbocycles. The summed E-state index contributed by atoms with van der Waals surface area (Å²) in [5.41, 5.74) is 2.93. The molecule has 0 aromatic heterocycles. The molecule has 7 heteroatoms. The first-order valence-corrected chi connectivity index (χ1v) is 9.93. The lowest BCUT2D eigenvalue weighted by Gasteiger charge is -2.18. The van der Waals surface area contributed by atoms with Crippen LogP contribution in [0.3, 0.4) is 0 Å². The van der Waals surface area contributed by atoms with Crippen LogP contribution in [0.1, 0.15) is 30.9 Å². The molecule has 0 spiro atoms. The number of hydrogen-bond donors (Lipinski definition) is 1. The molecular formula is C18H19ClN2O3S. The second-order valence-electron chi connectivity index (χ2n) is 6.36. The lowest BCUT2D eigenvalue weighted by atomic mass is 10.0. The van der Waals surface area contributed by atoms with E-state index in [-0.39, 0.29) is 12.3 Å². The summed E-state index contributed by atoms with van der Waals surface area (Å²) in [6.07, 6.45) is 0. The number of amides is 1. The Morgan fingerprint density at radius 2 is 1.88 bits per heavy atom. The SMILES string of the molecule is CC(C)c1ccc(NC(=O)CN2c3cc(Cl)ccc3CS2(=O)=O)cc1. The van der Waals surface area contributed by atoms with Gasteiger partial charge in [0.1, 0.15) is 6.54 Å². The zero-order chi connectivity index (χ0) is 18.2. The Balaban J connectivity index is 1.75. The van der Waals surface area contributed by atoms with Gasteiger partial charge in [-0.1, -0.05) is 43.6 Å². The van der Waals surface area contributed by atoms with Crippen molar-refractivity contribution < 1.29 is 13.2 Å². The fraction of sp³-hybridized carbons (Fsp3) is 0.278. The molecule has 2 aromatic carbocycles. The van der Waals surface area contributed by atoms with Crippen LogP contribution in [0.2, 0.25) is 5.02 Å². The van der Waals surface area contributed by atoms with Gasteiger partial charge in [0.15, 0.2) is 0 Å². The van der Waals surface area contributed by atoms with E-state index in [1.165, 1.54) is 5.56 Å². The van der Waals surface area contributed by atoms with E-state index in [2.05, 4.69) is 19.2 Å². The highest BCUT2D eigenvalue weighted by molar-refractivity contribution is 7.92. The Hall–Kier alpha value is -2.05. The molecule has 1 aliphatic rings. The van der Waals surface area contributed by atoms with Crippen LogP contribution in [0.4, 0.5) is 11.4 Å². The molecular weight excluding hydrogens is 360 g/mol. The second kappa shape index (κ2) is 6.69. The van der Waals surface area contributed by atoms with Gasteiger partial charge in [-0.25, -0.2) is 8.42 Å². The molecule has 3 rings (SSSR count). The van der Waals surface area contributed by atoms with Crippen LogP contribution in [-0.2, 0) is 20.6 Å². The van der Waals surface area contributed by atoms with Crippen LogP contribution in [-0.4, -0.2) is 20.9 Å². The average Bonchev–Trinajstić information content (AvgIpc) is 2.78. The smallest absolute Gasteiger partial charge is 0.245 e. The predicted octanol–water partition coefficient (Wildman–Crippen LogP) is 3.75. The summed E-state index contributed by atoms with van der Waals surface area (Å²) in [7, 11) is -3.55. The zero-order valence-electron chi connectivity index (χ0n) is 14.0. The van der Waals surface area contributed by atoms with E-state index < -0.39 is 15.9 Å². The molecule has 0 aliphatic carbocycles. The minimum absolute atomic E-state index is 0.115. The quantitative estimate of drug-likeness (QED) is 0.880. The summed E-state index contributed by atoms with van der Waals surface area (Å²) < 4.78 is 25.8. The molecule has 0 unspecified atom stereocenters. The number of carbonyl (C=O) groups excluding carboxylic acids is 1. The molecule has 1 heterocycles. The largest absolute Gasteiger partial charge is 0.325 e. The summed E-state index contributed by atoms with van der Waals surface area (Å²) in [5.74, 6) is -0.106. The fourth-order valence-electron chi connectivity index (χ4n) is 2.78. The number of benzene rings is 2. The highest BCUT2D eigenvalue weighted by Crippen LogP contribution is 2.35. The van der Waals surface area contributed by atoms with Gasteiger partial charge in [0.25, 0.3) is 0 Å². The number of halogens is 1. The van der Waals surface area contributed by atoms with Crippen molar-refractivity contribution in [2.45, 2.75) is 25.5 Å². The summed E-state index contributed by atoms with van der Waals surface area (Å²) in [5, 5.41) is 3.18. The van der Waals surface area contributed by atoms with E-state index in [9.17, 15) is 13.2 Å². The normalized spacial score (nSPS) is 15.3. The van der Waals surface area contributed by atoms with Gasteiger partial charge in [0, 0.05) is 10.7 Å². The van der Waals surface area contributed by atoms with Crippen molar-refractivity contribution >= 4 is 38.9 Å². The van der Waals surface area contributed by atoms with Crippen molar-refractivity contribution in [3.8, 4) is 0 Å². The van der Waals surface area contributed by atoms with Gasteiger partial charge in [-0.15, -0.1) is 0 Å². The second-order valence-corrected chi connectivity index (χ2v) is 8.69. The van der Waals surface area contributed by atoms with E-state index in [1.807, 2.05) is 24.3 Å². The van der Waals surface area contributed by atoms with Crippen molar-refractivity contribution in [3.05, 3.63) is 58.6 Å². The van der Waals surface area contributed by atoms with Gasteiger partial charge < -0.3 is 5.32 Å². The summed E-state index contributed by atoms with van der Waals surface area (Å²) >= 11 is 5.97. The molecule has 25 heavy (non-hydrogen) atoms. The van der Waals surface area contributed by atoms with Gasteiger partial charge in [-0.05, 0) is 41.3 Å². The number of fused-ring (bicyclic) bond motifs is 1. The van der Waals surface area contributed by atoms with E-state index in [1.54, 1.807) is 18.2 Å². The van der Waals surface area contributed by atoms with Crippen molar-refractivity contribution in [2.24, 2.45) is 0 Å². The topological polar surface area (TPSA) is 66.5 Å². The number of nitrogens with zero attached hydrogens (tertiary/aromatic N) is 1. The van der Waals surface area contributed by atoms with Crippen molar-refractivity contribution in [3.63, 3.8) is 0 Å². The zero-order valence-corrected chi connectivity index (χ0v) is 15.6. The Morgan fingerprint density at radius 3 is 2.52 bits per heavy atom. The van der Waals surface area contributed by atoms with Crippen molar-refractivity contribution in [1.29, 1.82) is 0 Å². The molecule has 5 nitrogen and oxygen atoms in total. The molecule has 1 aliphatic heterocycles. The van der Waals surface area contributed by atoms with E-state index >= 15 is 0 Å². The third kappa shape index (κ3) is 3.80. The van der Waals surface area contributed by atoms with Crippen LogP contribution in [0.15, 0.2) is 42.5 Å². The Morgan fingerprint density at radius 1 is 1.20 bits per heavy atom. The first-order valence-electron chi connectivity index (χ1n) is 7.95. The first kappa shape index (κ1) is 17.8. The minimum atomic E-state index is -3.55. The minimum Gasteiger partial charge on any atom is -0.325 e. The summed E-state index contributed by atoms with van der Waals surface area (Å²) in [4.78, 5) is 12.3. The molecule has 0 fully saturated rings. The van der Waals surface area contributed by atoms with Gasteiger partial charge in [0.2, 0.25) is 15.9 Å². The lowest BCUT2D eigenvalue weighted by molar-refractivity contribution is -0.114. The maximum atomic E-state index is 12.3. The molecule has 2 aromatic rings. The Kier molecular flexibility index (Phi) is 4.75. The maximum absolute atomic E-state index is 12.3. The van der Waals surface area contributed by atoms with Crippen molar-refractivity contribution in [2.75, 3.05) is 16.2 Å². The molecule has 0 saturated heterocycles. The molecule has 1 amide bonds. The van der Waals surface area contributed by atoms with Crippen LogP contribution < -0.4 is 9.62 Å². The number of hydrogen-bond acceptors (Lipinski definition) is 3. The average molecular weight is 379 g/mol. The predicted molar refractivity (Wildman–Crippen MR) is 101 cm³/mol. The molecule has 0 atom stereocenters. The van der Waals surface area contributed by atoms with Gasteiger partial charge in [-0.3, -0.25) is 9.10 Å². The van der Waals surface area contributed by atoms with Crippen LogP contribution in [0, 0.1) is 0 Å². The van der Waals surface area contributed by atoms with E-state index in [4.69, 9.17) is 11.6 Å². The van der Waals surface area contributed by atoms with Gasteiger partial charge >= 0.3 is 0 Å². The van der Waals surface area contributed by atoms with Crippen molar-refractivity contribution in [1.82, 2.24) is 0 Å². The highest BCUT2D eigenvalue weighted by atomic mass is 35.5. The van der Waals surface area contributed by atoms with Crippen LogP contribution in [0.25, 0.3) is 0 Å². The number of anilines is 2. The molecule has 0 bridgehead atoms. The standard InChI is InChI=1S/C18H19ClN2O3S/c1-12(2)13-4-7-16(8-5-13)20-18(22)10-21-17-9-15(19)6-3-14(17)11-25(21,23)24/h3-9,12H,10-11H2,1-2H3,(H,20,22). The number of nitrogens with one attached hydrogen (secondary N) is 1. The number of sulfonamides is 1. The van der Waals surface area contributed by atoms with Crippen LogP contribution in [0.5, 0.6) is 0 Å².